The van der Waals surface area contributed by atoms with Crippen molar-refractivity contribution in [2.24, 2.45) is 0 Å². The summed E-state index contributed by atoms with van der Waals surface area (Å²) in [5.74, 6) is -1.46. The topological polar surface area (TPSA) is 83.9 Å². The van der Waals surface area contributed by atoms with Gasteiger partial charge in [0.25, 0.3) is 0 Å². The molecule has 1 aromatic rings. The van der Waals surface area contributed by atoms with E-state index >= 15 is 0 Å². The van der Waals surface area contributed by atoms with Gasteiger partial charge in [0, 0.05) is 7.05 Å². The van der Waals surface area contributed by atoms with Crippen LogP contribution in [0.4, 0.5) is 4.39 Å². The third-order valence-corrected chi connectivity index (χ3v) is 4.64. The zero-order chi connectivity index (χ0) is 15.5. The predicted molar refractivity (Wildman–Crippen MR) is 68.8 cm³/mol. The van der Waals surface area contributed by atoms with Gasteiger partial charge in [-0.1, -0.05) is 0 Å². The van der Waals surface area contributed by atoms with E-state index < -0.39 is 34.0 Å². The minimum absolute atomic E-state index is 0.184. The minimum Gasteiger partial charge on any atom is -0.468 e. The van der Waals surface area contributed by atoms with Crippen molar-refractivity contribution in [1.82, 2.24) is 4.31 Å². The molecule has 0 fully saturated rings. The first kappa shape index (κ1) is 16.5. The highest BCUT2D eigenvalue weighted by Gasteiger charge is 2.36. The molecule has 0 aromatic heterocycles. The van der Waals surface area contributed by atoms with Gasteiger partial charge in [-0.2, -0.15) is 4.31 Å². The first-order chi connectivity index (χ1) is 9.21. The number of esters is 1. The number of sulfonamides is 1. The minimum atomic E-state index is -4.05. The second kappa shape index (κ2) is 6.29. The third-order valence-electron chi connectivity index (χ3n) is 2.78. The fraction of sp³-hybridized carbons (Fsp3) is 0.417. The zero-order valence-corrected chi connectivity index (χ0v) is 12.1. The van der Waals surface area contributed by atoms with Crippen molar-refractivity contribution < 1.29 is 27.4 Å². The van der Waals surface area contributed by atoms with Gasteiger partial charge in [-0.05, 0) is 31.2 Å². The van der Waals surface area contributed by atoms with Gasteiger partial charge in [0.2, 0.25) is 10.0 Å². The number of halogens is 1. The summed E-state index contributed by atoms with van der Waals surface area (Å²) in [4.78, 5) is 11.4. The number of aliphatic hydroxyl groups is 1. The van der Waals surface area contributed by atoms with E-state index in [2.05, 4.69) is 4.74 Å². The quantitative estimate of drug-likeness (QED) is 0.795. The molecule has 8 heteroatoms. The normalized spacial score (nSPS) is 14.9. The van der Waals surface area contributed by atoms with Crippen molar-refractivity contribution >= 4 is 16.0 Å². The van der Waals surface area contributed by atoms with Crippen molar-refractivity contribution in [3.05, 3.63) is 30.1 Å². The largest absolute Gasteiger partial charge is 0.468 e. The molecule has 20 heavy (non-hydrogen) atoms. The number of rotatable bonds is 5. The molecule has 0 aliphatic carbocycles. The second-order valence-electron chi connectivity index (χ2n) is 4.18. The lowest BCUT2D eigenvalue weighted by Gasteiger charge is -2.27. The van der Waals surface area contributed by atoms with Gasteiger partial charge in [-0.25, -0.2) is 12.8 Å². The number of carbonyl (C=O) groups excluding carboxylic acids is 1. The molecule has 0 radical (unpaired) electrons. The molecule has 0 aliphatic heterocycles. The van der Waals surface area contributed by atoms with Crippen molar-refractivity contribution in [3.63, 3.8) is 0 Å². The van der Waals surface area contributed by atoms with Gasteiger partial charge < -0.3 is 9.84 Å². The molecule has 0 saturated carbocycles. The van der Waals surface area contributed by atoms with Crippen LogP contribution in [0.1, 0.15) is 6.92 Å². The number of nitrogens with zero attached hydrogens (tertiary/aromatic N) is 1. The van der Waals surface area contributed by atoms with E-state index in [0.29, 0.717) is 4.31 Å². The van der Waals surface area contributed by atoms with E-state index in [0.717, 1.165) is 38.4 Å². The maximum absolute atomic E-state index is 12.8. The summed E-state index contributed by atoms with van der Waals surface area (Å²) in [5.41, 5.74) is 0. The number of ether oxygens (including phenoxy) is 1. The van der Waals surface area contributed by atoms with Crippen LogP contribution in [-0.4, -0.2) is 50.1 Å². The average molecular weight is 305 g/mol. The predicted octanol–water partition coefficient (Wildman–Crippen LogP) is 0.369. The highest BCUT2D eigenvalue weighted by Crippen LogP contribution is 2.19. The van der Waals surface area contributed by atoms with E-state index in [9.17, 15) is 22.7 Å². The maximum atomic E-state index is 12.8. The molecule has 0 bridgehead atoms. The van der Waals surface area contributed by atoms with Crippen LogP contribution in [0.15, 0.2) is 29.2 Å². The van der Waals surface area contributed by atoms with Crippen molar-refractivity contribution in [3.8, 4) is 0 Å². The van der Waals surface area contributed by atoms with E-state index in [1.807, 2.05) is 0 Å². The van der Waals surface area contributed by atoms with Gasteiger partial charge in [-0.3, -0.25) is 4.79 Å². The summed E-state index contributed by atoms with van der Waals surface area (Å²) < 4.78 is 42.6. The number of hydrogen-bond donors (Lipinski definition) is 1. The molecule has 1 rings (SSSR count). The fourth-order valence-electron chi connectivity index (χ4n) is 1.69. The van der Waals surface area contributed by atoms with Gasteiger partial charge in [-0.15, -0.1) is 0 Å². The molecule has 2 atom stereocenters. The molecular formula is C12H16FNO5S. The van der Waals surface area contributed by atoms with Crippen LogP contribution in [0.3, 0.4) is 0 Å². The third kappa shape index (κ3) is 3.33. The number of aliphatic hydroxyl groups excluding tert-OH is 1. The lowest BCUT2D eigenvalue weighted by molar-refractivity contribution is -0.148. The highest BCUT2D eigenvalue weighted by molar-refractivity contribution is 7.89. The van der Waals surface area contributed by atoms with Crippen LogP contribution in [0.2, 0.25) is 0 Å². The smallest absolute Gasteiger partial charge is 0.326 e. The second-order valence-corrected chi connectivity index (χ2v) is 6.18. The Kier molecular flexibility index (Phi) is 5.21. The molecule has 1 N–H and O–H groups in total. The van der Waals surface area contributed by atoms with Crippen LogP contribution in [0.25, 0.3) is 0 Å². The number of hydrogen-bond acceptors (Lipinski definition) is 5. The first-order valence-electron chi connectivity index (χ1n) is 5.71. The number of benzene rings is 1. The van der Waals surface area contributed by atoms with Crippen molar-refractivity contribution in [1.29, 1.82) is 0 Å². The summed E-state index contributed by atoms with van der Waals surface area (Å²) in [6.07, 6.45) is -1.26. The Bertz CT molecular complexity index is 570. The lowest BCUT2D eigenvalue weighted by Crippen LogP contribution is -2.49. The first-order valence-corrected chi connectivity index (χ1v) is 7.15. The molecule has 1 aromatic carbocycles. The maximum Gasteiger partial charge on any atom is 0.326 e. The molecule has 0 heterocycles. The Morgan fingerprint density at radius 1 is 1.35 bits per heavy atom. The van der Waals surface area contributed by atoms with E-state index in [-0.39, 0.29) is 4.90 Å². The van der Waals surface area contributed by atoms with E-state index in [1.54, 1.807) is 0 Å². The summed E-state index contributed by atoms with van der Waals surface area (Å²) in [5, 5.41) is 9.57. The number of methoxy groups -OCH3 is 1. The highest BCUT2D eigenvalue weighted by atomic mass is 32.2. The van der Waals surface area contributed by atoms with Crippen LogP contribution < -0.4 is 0 Å². The average Bonchev–Trinajstić information content (AvgIpc) is 2.38. The zero-order valence-electron chi connectivity index (χ0n) is 11.3. The Labute approximate surface area is 116 Å². The van der Waals surface area contributed by atoms with Gasteiger partial charge in [0.05, 0.1) is 18.1 Å². The van der Waals surface area contributed by atoms with Crippen molar-refractivity contribution in [2.45, 2.75) is 24.0 Å². The van der Waals surface area contributed by atoms with Crippen LogP contribution in [0, 0.1) is 5.82 Å². The van der Waals surface area contributed by atoms with E-state index in [4.69, 9.17) is 0 Å². The van der Waals surface area contributed by atoms with Gasteiger partial charge >= 0.3 is 5.97 Å². The standard InChI is InChI=1S/C12H16FNO5S/c1-8(15)11(12(16)19-3)14(2)20(17,18)10-6-4-9(13)5-7-10/h4-8,11,15H,1-3H3/t8?,11-/m0/s1. The molecule has 0 spiro atoms. The lowest BCUT2D eigenvalue weighted by atomic mass is 10.2. The van der Waals surface area contributed by atoms with Crippen molar-refractivity contribution in [2.75, 3.05) is 14.2 Å². The molecule has 112 valence electrons. The Morgan fingerprint density at radius 2 is 1.85 bits per heavy atom. The summed E-state index contributed by atoms with van der Waals surface area (Å²) in [6.45, 7) is 1.28. The summed E-state index contributed by atoms with van der Waals surface area (Å²) in [6, 6.07) is 2.77. The Hall–Kier alpha value is -1.51. The molecule has 0 amide bonds. The fourth-order valence-corrected chi connectivity index (χ4v) is 3.07. The monoisotopic (exact) mass is 305 g/mol. The molecular weight excluding hydrogens is 289 g/mol. The molecule has 6 nitrogen and oxygen atoms in total. The number of likely N-dealkylation sites (N-methyl/N-ethyl adjacent to an activating group) is 1. The van der Waals surface area contributed by atoms with Gasteiger partial charge in [0.1, 0.15) is 11.9 Å². The molecule has 1 unspecified atom stereocenters. The Balaban J connectivity index is 3.19. The Morgan fingerprint density at radius 3 is 2.25 bits per heavy atom. The summed E-state index contributed by atoms with van der Waals surface area (Å²) in [7, 11) is -1.81. The van der Waals surface area contributed by atoms with Gasteiger partial charge in [0.15, 0.2) is 0 Å². The van der Waals surface area contributed by atoms with Crippen LogP contribution in [-0.2, 0) is 19.6 Å². The number of carbonyl (C=O) groups is 1. The van der Waals surface area contributed by atoms with E-state index in [1.165, 1.54) is 6.92 Å². The molecule has 0 saturated heterocycles. The summed E-state index contributed by atoms with van der Waals surface area (Å²) >= 11 is 0. The SMILES string of the molecule is COC(=O)[C@H](C(C)O)N(C)S(=O)(=O)c1ccc(F)cc1. The molecule has 0 aliphatic rings. The van der Waals surface area contributed by atoms with Crippen LogP contribution >= 0.6 is 0 Å². The van der Waals surface area contributed by atoms with Crippen LogP contribution in [0.5, 0.6) is 0 Å².